The van der Waals surface area contributed by atoms with E-state index in [1.54, 1.807) is 17.2 Å². The molecule has 1 unspecified atom stereocenters. The maximum atomic E-state index is 12.9. The summed E-state index contributed by atoms with van der Waals surface area (Å²) in [5.74, 6) is -0.135. The number of nitrogens with zero attached hydrogens (tertiary/aromatic N) is 4. The fourth-order valence-electron chi connectivity index (χ4n) is 5.20. The summed E-state index contributed by atoms with van der Waals surface area (Å²) in [6, 6.07) is 9.00. The molecule has 3 aliphatic heterocycles. The molecule has 2 saturated heterocycles. The van der Waals surface area contributed by atoms with Gasteiger partial charge in [-0.05, 0) is 54.1 Å². The summed E-state index contributed by atoms with van der Waals surface area (Å²) in [6.07, 6.45) is 7.05. The van der Waals surface area contributed by atoms with Gasteiger partial charge in [-0.1, -0.05) is 0 Å². The summed E-state index contributed by atoms with van der Waals surface area (Å²) >= 11 is 0. The fourth-order valence-corrected chi connectivity index (χ4v) is 5.20. The van der Waals surface area contributed by atoms with Gasteiger partial charge in [-0.15, -0.1) is 0 Å². The lowest BCUT2D eigenvalue weighted by molar-refractivity contribution is -0.136. The number of rotatable bonds is 5. The van der Waals surface area contributed by atoms with Crippen molar-refractivity contribution < 1.29 is 19.1 Å². The Kier molecular flexibility index (Phi) is 5.41. The molecular formula is C26H25N5O4. The highest BCUT2D eigenvalue weighted by Crippen LogP contribution is 2.31. The topological polar surface area (TPSA) is 105 Å². The summed E-state index contributed by atoms with van der Waals surface area (Å²) in [5, 5.41) is 4.50. The van der Waals surface area contributed by atoms with Gasteiger partial charge in [-0.25, -0.2) is 0 Å². The lowest BCUT2D eigenvalue weighted by Gasteiger charge is -2.29. The Morgan fingerprint density at radius 2 is 1.97 bits per heavy atom. The van der Waals surface area contributed by atoms with Crippen LogP contribution in [0.1, 0.15) is 40.9 Å². The molecular weight excluding hydrogens is 446 g/mol. The zero-order chi connectivity index (χ0) is 23.9. The summed E-state index contributed by atoms with van der Waals surface area (Å²) in [4.78, 5) is 49.2. The highest BCUT2D eigenvalue weighted by Gasteiger charge is 2.39. The van der Waals surface area contributed by atoms with Gasteiger partial charge in [-0.2, -0.15) is 0 Å². The number of carbonyl (C=O) groups excluding carboxylic acids is 3. The largest absolute Gasteiger partial charge is 0.489 e. The van der Waals surface area contributed by atoms with E-state index in [1.165, 1.54) is 0 Å². The van der Waals surface area contributed by atoms with Crippen molar-refractivity contribution in [1.29, 1.82) is 0 Å². The molecule has 1 N–H and O–H groups in total. The molecule has 0 spiro atoms. The molecule has 178 valence electrons. The van der Waals surface area contributed by atoms with E-state index < -0.39 is 11.9 Å². The quantitative estimate of drug-likeness (QED) is 0.568. The van der Waals surface area contributed by atoms with Crippen LogP contribution in [-0.2, 0) is 22.7 Å². The number of nitrogens with one attached hydrogen (secondary N) is 1. The van der Waals surface area contributed by atoms with Crippen LogP contribution in [0.2, 0.25) is 0 Å². The number of benzene rings is 1. The third kappa shape index (κ3) is 4.23. The monoisotopic (exact) mass is 471 g/mol. The van der Waals surface area contributed by atoms with Gasteiger partial charge in [-0.3, -0.25) is 34.6 Å². The molecule has 3 aliphatic rings. The van der Waals surface area contributed by atoms with E-state index in [4.69, 9.17) is 4.74 Å². The molecule has 9 nitrogen and oxygen atoms in total. The number of ether oxygens (including phenoxy) is 1. The van der Waals surface area contributed by atoms with E-state index in [1.807, 2.05) is 30.6 Å². The number of fused-ring (bicyclic) bond motifs is 2. The summed E-state index contributed by atoms with van der Waals surface area (Å²) in [7, 11) is 0. The van der Waals surface area contributed by atoms with Gasteiger partial charge >= 0.3 is 0 Å². The number of hydrogen-bond acceptors (Lipinski definition) is 7. The lowest BCUT2D eigenvalue weighted by atomic mass is 10.0. The fraction of sp³-hybridized carbons (Fsp3) is 0.346. The first-order valence-corrected chi connectivity index (χ1v) is 11.9. The second-order valence-corrected chi connectivity index (χ2v) is 9.38. The minimum atomic E-state index is -0.611. The van der Waals surface area contributed by atoms with Crippen molar-refractivity contribution in [3.63, 3.8) is 0 Å². The molecule has 35 heavy (non-hydrogen) atoms. The Hall–Kier alpha value is -3.85. The highest BCUT2D eigenvalue weighted by molar-refractivity contribution is 6.05. The summed E-state index contributed by atoms with van der Waals surface area (Å²) < 4.78 is 6.27. The molecule has 9 heteroatoms. The molecule has 2 aromatic heterocycles. The summed E-state index contributed by atoms with van der Waals surface area (Å²) in [5.41, 5.74) is 2.46. The molecule has 2 fully saturated rings. The minimum Gasteiger partial charge on any atom is -0.489 e. The smallest absolute Gasteiger partial charge is 0.255 e. The van der Waals surface area contributed by atoms with Gasteiger partial charge in [0.25, 0.3) is 5.91 Å². The van der Waals surface area contributed by atoms with Gasteiger partial charge in [0, 0.05) is 62.1 Å². The van der Waals surface area contributed by atoms with E-state index >= 15 is 0 Å². The molecule has 3 aromatic rings. The molecule has 0 saturated carbocycles. The van der Waals surface area contributed by atoms with Crippen molar-refractivity contribution in [3.8, 4) is 5.75 Å². The standard InChI is InChI=1S/C26H25N5O4/c32-24-4-3-23(25(33)29-24)31-13-17-10-20(1-2-22(17)26(31)34)35-21-6-8-30(15-21)14-19-9-16-5-7-27-11-18(16)12-28-19/h1-2,5,7,9-12,21,23H,3-4,6,8,13-15H2,(H,29,32,33)/t21-,23?/m0/s1. The van der Waals surface area contributed by atoms with Crippen LogP contribution in [0.5, 0.6) is 5.75 Å². The van der Waals surface area contributed by atoms with Gasteiger partial charge in [0.1, 0.15) is 17.9 Å². The Bertz CT molecular complexity index is 1340. The number of likely N-dealkylation sites (tertiary alicyclic amines) is 1. The number of imide groups is 1. The van der Waals surface area contributed by atoms with Gasteiger partial charge in [0.05, 0.1) is 5.69 Å². The predicted molar refractivity (Wildman–Crippen MR) is 126 cm³/mol. The first kappa shape index (κ1) is 21.7. The average Bonchev–Trinajstić information content (AvgIpc) is 3.42. The molecule has 0 bridgehead atoms. The van der Waals surface area contributed by atoms with Crippen molar-refractivity contribution in [2.45, 2.75) is 44.5 Å². The van der Waals surface area contributed by atoms with Crippen molar-refractivity contribution in [2.24, 2.45) is 0 Å². The maximum Gasteiger partial charge on any atom is 0.255 e. The van der Waals surface area contributed by atoms with Crippen LogP contribution in [-0.4, -0.2) is 62.7 Å². The summed E-state index contributed by atoms with van der Waals surface area (Å²) in [6.45, 7) is 2.83. The Balaban J connectivity index is 1.08. The van der Waals surface area contributed by atoms with E-state index in [0.717, 1.165) is 53.8 Å². The first-order valence-electron chi connectivity index (χ1n) is 11.9. The second-order valence-electron chi connectivity index (χ2n) is 9.38. The average molecular weight is 472 g/mol. The van der Waals surface area contributed by atoms with Crippen molar-refractivity contribution >= 4 is 28.5 Å². The van der Waals surface area contributed by atoms with Crippen LogP contribution in [0, 0.1) is 0 Å². The number of piperidine rings is 1. The minimum absolute atomic E-state index is 0.0565. The van der Waals surface area contributed by atoms with Crippen LogP contribution >= 0.6 is 0 Å². The van der Waals surface area contributed by atoms with E-state index in [0.29, 0.717) is 18.5 Å². The molecule has 0 radical (unpaired) electrons. The van der Waals surface area contributed by atoms with Crippen molar-refractivity contribution in [3.05, 3.63) is 65.7 Å². The zero-order valence-electron chi connectivity index (χ0n) is 19.1. The molecule has 1 aromatic carbocycles. The normalized spacial score (nSPS) is 22.5. The van der Waals surface area contributed by atoms with Crippen molar-refractivity contribution in [2.75, 3.05) is 13.1 Å². The van der Waals surface area contributed by atoms with E-state index in [2.05, 4.69) is 26.3 Å². The second kappa shape index (κ2) is 8.74. The first-order chi connectivity index (χ1) is 17.0. The maximum absolute atomic E-state index is 12.9. The van der Waals surface area contributed by atoms with Crippen molar-refractivity contribution in [1.82, 2.24) is 25.1 Å². The van der Waals surface area contributed by atoms with E-state index in [-0.39, 0.29) is 24.3 Å². The Labute approximate surface area is 202 Å². The van der Waals surface area contributed by atoms with Crippen LogP contribution < -0.4 is 10.1 Å². The number of amides is 3. The Morgan fingerprint density at radius 3 is 2.86 bits per heavy atom. The molecule has 3 amide bonds. The molecule has 6 rings (SSSR count). The number of pyridine rings is 2. The van der Waals surface area contributed by atoms with E-state index in [9.17, 15) is 14.4 Å². The predicted octanol–water partition coefficient (Wildman–Crippen LogP) is 2.04. The van der Waals surface area contributed by atoms with Gasteiger partial charge in [0.15, 0.2) is 0 Å². The van der Waals surface area contributed by atoms with Crippen LogP contribution in [0.4, 0.5) is 0 Å². The number of carbonyl (C=O) groups is 3. The number of aromatic nitrogens is 2. The van der Waals surface area contributed by atoms with Gasteiger partial charge in [0.2, 0.25) is 11.8 Å². The number of hydrogen-bond donors (Lipinski definition) is 1. The van der Waals surface area contributed by atoms with Gasteiger partial charge < -0.3 is 9.64 Å². The third-order valence-corrected chi connectivity index (χ3v) is 6.99. The van der Waals surface area contributed by atoms with Crippen LogP contribution in [0.3, 0.4) is 0 Å². The molecule has 2 atom stereocenters. The molecule has 0 aliphatic carbocycles. The zero-order valence-corrected chi connectivity index (χ0v) is 19.1. The molecule has 5 heterocycles. The lowest BCUT2D eigenvalue weighted by Crippen LogP contribution is -2.52. The third-order valence-electron chi connectivity index (χ3n) is 6.99. The highest BCUT2D eigenvalue weighted by atomic mass is 16.5. The SMILES string of the molecule is O=C1CCC(N2Cc3cc(O[C@H]4CCN(Cc5cc6ccncc6cn5)C4)ccc3C2=O)C(=O)N1. The Morgan fingerprint density at radius 1 is 1.06 bits per heavy atom. The van der Waals surface area contributed by atoms with Crippen LogP contribution in [0.15, 0.2) is 48.9 Å². The van der Waals surface area contributed by atoms with Crippen LogP contribution in [0.25, 0.3) is 10.8 Å².